The number of benzene rings is 2. The average Bonchev–Trinajstić information content (AvgIpc) is 3.63. The zero-order valence-electron chi connectivity index (χ0n) is 18.5. The quantitative estimate of drug-likeness (QED) is 0.285. The highest BCUT2D eigenvalue weighted by atomic mass is 79.9. The van der Waals surface area contributed by atoms with E-state index < -0.39 is 0 Å². The van der Waals surface area contributed by atoms with E-state index in [1.807, 2.05) is 78.3 Å². The maximum Gasteiger partial charge on any atom is 0.230 e. The highest BCUT2D eigenvalue weighted by Crippen LogP contribution is 2.49. The Hall–Kier alpha value is -4.24. The van der Waals surface area contributed by atoms with Crippen LogP contribution in [0, 0.1) is 6.92 Å². The Balaban J connectivity index is 1.49. The van der Waals surface area contributed by atoms with Gasteiger partial charge >= 0.3 is 0 Å². The van der Waals surface area contributed by atoms with E-state index in [0.29, 0.717) is 23.2 Å². The van der Waals surface area contributed by atoms with Crippen LogP contribution in [0.5, 0.6) is 11.8 Å². The van der Waals surface area contributed by atoms with Gasteiger partial charge < -0.3 is 9.15 Å². The summed E-state index contributed by atoms with van der Waals surface area (Å²) in [6, 6.07) is 21.6. The largest absolute Gasteiger partial charge is 0.468 e. The van der Waals surface area contributed by atoms with Gasteiger partial charge in [-0.25, -0.2) is 19.2 Å². The van der Waals surface area contributed by atoms with Crippen LogP contribution >= 0.6 is 15.9 Å². The minimum Gasteiger partial charge on any atom is -0.468 e. The van der Waals surface area contributed by atoms with E-state index in [1.165, 1.54) is 0 Å². The van der Waals surface area contributed by atoms with E-state index in [-0.39, 0.29) is 5.92 Å². The van der Waals surface area contributed by atoms with Crippen LogP contribution in [0.15, 0.2) is 88.2 Å². The van der Waals surface area contributed by atoms with Gasteiger partial charge in [0, 0.05) is 10.0 Å². The molecule has 0 unspecified atom stereocenters. The first-order chi connectivity index (χ1) is 17.2. The summed E-state index contributed by atoms with van der Waals surface area (Å²) >= 11 is 3.61. The van der Waals surface area contributed by atoms with Gasteiger partial charge in [0.1, 0.15) is 12.1 Å². The molecule has 0 saturated carbocycles. The van der Waals surface area contributed by atoms with Crippen LogP contribution in [0.2, 0.25) is 0 Å². The molecule has 0 radical (unpaired) electrons. The summed E-state index contributed by atoms with van der Waals surface area (Å²) in [6.45, 7) is 1.98. The van der Waals surface area contributed by atoms with Crippen LogP contribution in [0.3, 0.4) is 0 Å². The van der Waals surface area contributed by atoms with Crippen molar-refractivity contribution in [3.63, 3.8) is 0 Å². The third-order valence-corrected chi connectivity index (χ3v) is 6.85. The highest BCUT2D eigenvalue weighted by molar-refractivity contribution is 9.10. The van der Waals surface area contributed by atoms with Crippen LogP contribution in [0.4, 0.5) is 0 Å². The first-order valence-electron chi connectivity index (χ1n) is 11.1. The van der Waals surface area contributed by atoms with E-state index in [9.17, 15) is 0 Å². The second-order valence-corrected chi connectivity index (χ2v) is 9.10. The van der Waals surface area contributed by atoms with Crippen molar-refractivity contribution in [2.45, 2.75) is 12.8 Å². The van der Waals surface area contributed by atoms with E-state index in [1.54, 1.807) is 17.1 Å². The monoisotopic (exact) mass is 524 g/mol. The Morgan fingerprint density at radius 3 is 2.54 bits per heavy atom. The van der Waals surface area contributed by atoms with Gasteiger partial charge in [-0.15, -0.1) is 5.10 Å². The fourth-order valence-electron chi connectivity index (χ4n) is 4.62. The molecule has 0 amide bonds. The van der Waals surface area contributed by atoms with Crippen molar-refractivity contribution >= 4 is 21.6 Å². The van der Waals surface area contributed by atoms with Crippen molar-refractivity contribution in [3.05, 3.63) is 106 Å². The maximum atomic E-state index is 6.42. The van der Waals surface area contributed by atoms with E-state index >= 15 is 0 Å². The molecule has 1 atom stereocenters. The van der Waals surface area contributed by atoms with Gasteiger partial charge in [0.2, 0.25) is 11.8 Å². The van der Waals surface area contributed by atoms with Gasteiger partial charge in [-0.05, 0) is 43.3 Å². The summed E-state index contributed by atoms with van der Waals surface area (Å²) in [4.78, 5) is 9.54. The van der Waals surface area contributed by atoms with E-state index in [4.69, 9.17) is 24.3 Å². The Kier molecular flexibility index (Phi) is 4.40. The smallest absolute Gasteiger partial charge is 0.230 e. The van der Waals surface area contributed by atoms with Crippen molar-refractivity contribution in [1.82, 2.24) is 29.4 Å². The van der Waals surface area contributed by atoms with Crippen LogP contribution in [-0.4, -0.2) is 29.4 Å². The van der Waals surface area contributed by atoms with E-state index in [2.05, 4.69) is 20.9 Å². The standard InChI is InChI=1S/C26H17BrN6O2/c1-15-20-21(19-12-7-13-34-19)22-24-29-23(17-10-5-6-11-18(17)27)31-32(24)14-28-25(22)35-26(20)33(30-15)16-8-3-2-4-9-16/h2-14,21H,1H3/t21-/m0/s1. The lowest BCUT2D eigenvalue weighted by molar-refractivity contribution is 0.392. The topological polar surface area (TPSA) is 83.3 Å². The summed E-state index contributed by atoms with van der Waals surface area (Å²) < 4.78 is 16.8. The van der Waals surface area contributed by atoms with Gasteiger partial charge in [-0.2, -0.15) is 5.10 Å². The van der Waals surface area contributed by atoms with Gasteiger partial charge in [-0.1, -0.05) is 46.3 Å². The molecule has 35 heavy (non-hydrogen) atoms. The first-order valence-corrected chi connectivity index (χ1v) is 11.8. The van der Waals surface area contributed by atoms with Gasteiger partial charge in [0.05, 0.1) is 34.7 Å². The molecule has 9 heteroatoms. The van der Waals surface area contributed by atoms with Crippen molar-refractivity contribution in [1.29, 1.82) is 0 Å². The van der Waals surface area contributed by atoms with Gasteiger partial charge in [-0.3, -0.25) is 0 Å². The van der Waals surface area contributed by atoms with Crippen molar-refractivity contribution in [3.8, 4) is 28.8 Å². The van der Waals surface area contributed by atoms with Gasteiger partial charge in [0.15, 0.2) is 11.5 Å². The van der Waals surface area contributed by atoms with Crippen LogP contribution in [-0.2, 0) is 0 Å². The van der Waals surface area contributed by atoms with Crippen LogP contribution < -0.4 is 4.74 Å². The molecule has 4 aromatic heterocycles. The molecule has 0 aliphatic carbocycles. The highest BCUT2D eigenvalue weighted by Gasteiger charge is 2.39. The molecule has 7 rings (SSSR count). The molecular weight excluding hydrogens is 508 g/mol. The van der Waals surface area contributed by atoms with Gasteiger partial charge in [0.25, 0.3) is 0 Å². The number of aryl methyl sites for hydroxylation is 1. The zero-order chi connectivity index (χ0) is 23.5. The molecule has 5 heterocycles. The molecule has 1 aliphatic rings. The lowest BCUT2D eigenvalue weighted by atomic mass is 9.88. The first kappa shape index (κ1) is 20.2. The number of rotatable bonds is 3. The molecule has 6 aromatic rings. The number of halogens is 1. The third kappa shape index (κ3) is 3.05. The lowest BCUT2D eigenvalue weighted by Gasteiger charge is -2.24. The van der Waals surface area contributed by atoms with Crippen molar-refractivity contribution in [2.75, 3.05) is 0 Å². The van der Waals surface area contributed by atoms with Crippen molar-refractivity contribution < 1.29 is 9.15 Å². The minimum atomic E-state index is -0.311. The SMILES string of the molecule is Cc1nn(-c2ccccc2)c2c1[C@H](c1ccco1)c1c(ncn3nc(-c4ccccc4Br)nc13)O2. The number of fused-ring (bicyclic) bond motifs is 4. The number of aromatic nitrogens is 6. The fraction of sp³-hybridized carbons (Fsp3) is 0.0769. The zero-order valence-corrected chi connectivity index (χ0v) is 20.0. The average molecular weight is 525 g/mol. The molecule has 2 aromatic carbocycles. The molecule has 8 nitrogen and oxygen atoms in total. The molecule has 0 fully saturated rings. The molecule has 1 aliphatic heterocycles. The van der Waals surface area contributed by atoms with Crippen molar-refractivity contribution in [2.24, 2.45) is 0 Å². The molecule has 170 valence electrons. The number of furan rings is 1. The Labute approximate surface area is 208 Å². The maximum absolute atomic E-state index is 6.42. The molecule has 0 N–H and O–H groups in total. The predicted octanol–water partition coefficient (Wildman–Crippen LogP) is 5.93. The second kappa shape index (κ2) is 7.64. The third-order valence-electron chi connectivity index (χ3n) is 6.16. The summed E-state index contributed by atoms with van der Waals surface area (Å²) in [5, 5.41) is 9.53. The minimum absolute atomic E-state index is 0.311. The fourth-order valence-corrected chi connectivity index (χ4v) is 5.08. The number of hydrogen-bond acceptors (Lipinski definition) is 6. The predicted molar refractivity (Wildman–Crippen MR) is 132 cm³/mol. The summed E-state index contributed by atoms with van der Waals surface area (Å²) in [5.41, 5.74) is 4.99. The number of hydrogen-bond donors (Lipinski definition) is 0. The number of nitrogens with zero attached hydrogens (tertiary/aromatic N) is 6. The molecule has 0 spiro atoms. The molecular formula is C26H17BrN6O2. The molecule has 0 saturated heterocycles. The number of ether oxygens (including phenoxy) is 1. The normalized spacial score (nSPS) is 14.5. The van der Waals surface area contributed by atoms with Crippen LogP contribution in [0.1, 0.15) is 28.5 Å². The Bertz CT molecular complexity index is 1710. The van der Waals surface area contributed by atoms with Crippen LogP contribution in [0.25, 0.3) is 22.7 Å². The Morgan fingerprint density at radius 1 is 0.914 bits per heavy atom. The number of para-hydroxylation sites is 1. The molecule has 0 bridgehead atoms. The summed E-state index contributed by atoms with van der Waals surface area (Å²) in [7, 11) is 0. The second-order valence-electron chi connectivity index (χ2n) is 8.25. The van der Waals surface area contributed by atoms with E-state index in [0.717, 1.165) is 38.3 Å². The summed E-state index contributed by atoms with van der Waals surface area (Å²) in [6.07, 6.45) is 3.30. The lowest BCUT2D eigenvalue weighted by Crippen LogP contribution is -2.15. The Morgan fingerprint density at radius 2 is 1.74 bits per heavy atom. The summed E-state index contributed by atoms with van der Waals surface area (Å²) in [5.74, 6) is 2.11.